The molecule has 5 aromatic rings. The van der Waals surface area contributed by atoms with Crippen LogP contribution in [-0.4, -0.2) is 19.1 Å². The van der Waals surface area contributed by atoms with Gasteiger partial charge in [-0.05, 0) is 60.4 Å². The molecule has 0 unspecified atom stereocenters. The van der Waals surface area contributed by atoms with Crippen molar-refractivity contribution in [3.05, 3.63) is 95.6 Å². The van der Waals surface area contributed by atoms with Gasteiger partial charge in [0, 0.05) is 13.1 Å². The minimum absolute atomic E-state index is 0.835. The molecule has 0 saturated carbocycles. The summed E-state index contributed by atoms with van der Waals surface area (Å²) in [5, 5.41) is 0. The highest BCUT2D eigenvalue weighted by molar-refractivity contribution is 5.75. The molecular formula is C24H22N4. The standard InChI is InChI=1S/C24H22N4/c1-17-11-20(14-28-16-26-22-8-4-6-10-24(22)28)18(2)12-19(17)13-27-15-25-21-7-3-5-9-23(21)27/h3-12,15-16H,13-14H2,1-2H3. The fourth-order valence-corrected chi connectivity index (χ4v) is 3.92. The quantitative estimate of drug-likeness (QED) is 0.444. The molecule has 0 aliphatic heterocycles. The second-order valence-electron chi connectivity index (χ2n) is 7.43. The second kappa shape index (κ2) is 6.64. The molecule has 0 atom stereocenters. The third kappa shape index (κ3) is 2.87. The van der Waals surface area contributed by atoms with Crippen molar-refractivity contribution in [1.29, 1.82) is 0 Å². The van der Waals surface area contributed by atoms with Gasteiger partial charge in [-0.1, -0.05) is 36.4 Å². The van der Waals surface area contributed by atoms with Crippen LogP contribution >= 0.6 is 0 Å². The van der Waals surface area contributed by atoms with Gasteiger partial charge in [0.15, 0.2) is 0 Å². The molecule has 2 heterocycles. The van der Waals surface area contributed by atoms with Crippen LogP contribution in [0.15, 0.2) is 73.3 Å². The van der Waals surface area contributed by atoms with Gasteiger partial charge in [0.05, 0.1) is 34.7 Å². The Kier molecular flexibility index (Phi) is 3.97. The van der Waals surface area contributed by atoms with Crippen LogP contribution in [-0.2, 0) is 13.1 Å². The van der Waals surface area contributed by atoms with Gasteiger partial charge < -0.3 is 9.13 Å². The Labute approximate surface area is 164 Å². The fraction of sp³-hybridized carbons (Fsp3) is 0.167. The number of nitrogens with zero attached hydrogens (tertiary/aromatic N) is 4. The van der Waals surface area contributed by atoms with Gasteiger partial charge in [-0.15, -0.1) is 0 Å². The van der Waals surface area contributed by atoms with Crippen molar-refractivity contribution in [2.45, 2.75) is 26.9 Å². The zero-order chi connectivity index (χ0) is 19.1. The third-order valence-corrected chi connectivity index (χ3v) is 5.53. The molecule has 4 nitrogen and oxygen atoms in total. The SMILES string of the molecule is Cc1cc(Cn2cnc3ccccc32)c(C)cc1Cn1cnc2ccccc21. The highest BCUT2D eigenvalue weighted by Crippen LogP contribution is 2.22. The molecule has 0 amide bonds. The van der Waals surface area contributed by atoms with E-state index in [1.54, 1.807) is 0 Å². The molecule has 138 valence electrons. The van der Waals surface area contributed by atoms with Crippen molar-refractivity contribution in [2.75, 3.05) is 0 Å². The molecule has 2 aromatic heterocycles. The van der Waals surface area contributed by atoms with E-state index in [2.05, 4.69) is 81.5 Å². The zero-order valence-electron chi connectivity index (χ0n) is 16.1. The van der Waals surface area contributed by atoms with Gasteiger partial charge in [0.25, 0.3) is 0 Å². The van der Waals surface area contributed by atoms with Crippen LogP contribution in [0.1, 0.15) is 22.3 Å². The first-order valence-corrected chi connectivity index (χ1v) is 9.58. The summed E-state index contributed by atoms with van der Waals surface area (Å²) >= 11 is 0. The maximum atomic E-state index is 4.52. The fourth-order valence-electron chi connectivity index (χ4n) is 3.92. The number of para-hydroxylation sites is 4. The van der Waals surface area contributed by atoms with Gasteiger partial charge in [0.1, 0.15) is 0 Å². The summed E-state index contributed by atoms with van der Waals surface area (Å²) in [6.07, 6.45) is 3.87. The first-order chi connectivity index (χ1) is 13.7. The number of aromatic nitrogens is 4. The summed E-state index contributed by atoms with van der Waals surface area (Å²) in [6.45, 7) is 6.07. The average molecular weight is 366 g/mol. The zero-order valence-corrected chi connectivity index (χ0v) is 16.1. The van der Waals surface area contributed by atoms with Gasteiger partial charge in [-0.25, -0.2) is 9.97 Å². The van der Waals surface area contributed by atoms with E-state index in [0.717, 1.165) is 24.1 Å². The Balaban J connectivity index is 1.47. The third-order valence-electron chi connectivity index (χ3n) is 5.53. The van der Waals surface area contributed by atoms with Gasteiger partial charge in [-0.2, -0.15) is 0 Å². The molecule has 0 radical (unpaired) electrons. The van der Waals surface area contributed by atoms with E-state index in [1.165, 1.54) is 33.3 Å². The van der Waals surface area contributed by atoms with Crippen LogP contribution < -0.4 is 0 Å². The molecule has 0 bridgehead atoms. The molecule has 4 heteroatoms. The Hall–Kier alpha value is -3.40. The number of hydrogen-bond donors (Lipinski definition) is 0. The number of hydrogen-bond acceptors (Lipinski definition) is 2. The molecule has 0 saturated heterocycles. The van der Waals surface area contributed by atoms with E-state index >= 15 is 0 Å². The smallest absolute Gasteiger partial charge is 0.0961 e. The van der Waals surface area contributed by atoms with Crippen molar-refractivity contribution < 1.29 is 0 Å². The number of fused-ring (bicyclic) bond motifs is 2. The van der Waals surface area contributed by atoms with Crippen molar-refractivity contribution >= 4 is 22.1 Å². The van der Waals surface area contributed by atoms with Gasteiger partial charge in [-0.3, -0.25) is 0 Å². The predicted molar refractivity (Wildman–Crippen MR) is 114 cm³/mol. The number of aryl methyl sites for hydroxylation is 2. The number of rotatable bonds is 4. The molecule has 0 spiro atoms. The molecule has 0 aliphatic rings. The maximum Gasteiger partial charge on any atom is 0.0961 e. The lowest BCUT2D eigenvalue weighted by Crippen LogP contribution is -2.05. The van der Waals surface area contributed by atoms with E-state index in [9.17, 15) is 0 Å². The Morgan fingerprint density at radius 1 is 0.643 bits per heavy atom. The van der Waals surface area contributed by atoms with E-state index in [4.69, 9.17) is 0 Å². The maximum absolute atomic E-state index is 4.52. The molecular weight excluding hydrogens is 344 g/mol. The van der Waals surface area contributed by atoms with Gasteiger partial charge >= 0.3 is 0 Å². The summed E-state index contributed by atoms with van der Waals surface area (Å²) in [5.41, 5.74) is 9.72. The lowest BCUT2D eigenvalue weighted by Gasteiger charge is -2.14. The van der Waals surface area contributed by atoms with E-state index in [1.807, 2.05) is 24.8 Å². The molecule has 0 aliphatic carbocycles. The van der Waals surface area contributed by atoms with Crippen LogP contribution in [0.3, 0.4) is 0 Å². The van der Waals surface area contributed by atoms with Crippen molar-refractivity contribution in [2.24, 2.45) is 0 Å². The molecule has 0 fully saturated rings. The molecule has 5 rings (SSSR count). The minimum atomic E-state index is 0.835. The first-order valence-electron chi connectivity index (χ1n) is 9.58. The number of imidazole rings is 2. The van der Waals surface area contributed by atoms with Crippen molar-refractivity contribution in [1.82, 2.24) is 19.1 Å². The van der Waals surface area contributed by atoms with E-state index in [0.29, 0.717) is 0 Å². The van der Waals surface area contributed by atoms with Crippen LogP contribution in [0, 0.1) is 13.8 Å². The van der Waals surface area contributed by atoms with Crippen LogP contribution in [0.25, 0.3) is 22.1 Å². The van der Waals surface area contributed by atoms with Crippen molar-refractivity contribution in [3.8, 4) is 0 Å². The Morgan fingerprint density at radius 2 is 1.07 bits per heavy atom. The molecule has 3 aromatic carbocycles. The minimum Gasteiger partial charge on any atom is -0.326 e. The topological polar surface area (TPSA) is 35.6 Å². The van der Waals surface area contributed by atoms with E-state index in [-0.39, 0.29) is 0 Å². The summed E-state index contributed by atoms with van der Waals surface area (Å²) in [5.74, 6) is 0. The summed E-state index contributed by atoms with van der Waals surface area (Å²) in [4.78, 5) is 9.03. The Morgan fingerprint density at radius 3 is 1.54 bits per heavy atom. The summed E-state index contributed by atoms with van der Waals surface area (Å²) in [6, 6.07) is 21.2. The summed E-state index contributed by atoms with van der Waals surface area (Å²) < 4.78 is 4.44. The van der Waals surface area contributed by atoms with Crippen LogP contribution in [0.2, 0.25) is 0 Å². The monoisotopic (exact) mass is 366 g/mol. The molecule has 0 N–H and O–H groups in total. The number of benzene rings is 3. The Bertz CT molecular complexity index is 1190. The average Bonchev–Trinajstić information content (AvgIpc) is 3.30. The first kappa shape index (κ1) is 16.8. The second-order valence-corrected chi connectivity index (χ2v) is 7.43. The van der Waals surface area contributed by atoms with E-state index < -0.39 is 0 Å². The summed E-state index contributed by atoms with van der Waals surface area (Å²) in [7, 11) is 0. The van der Waals surface area contributed by atoms with Crippen molar-refractivity contribution in [3.63, 3.8) is 0 Å². The van der Waals surface area contributed by atoms with Crippen LogP contribution in [0.5, 0.6) is 0 Å². The predicted octanol–water partition coefficient (Wildman–Crippen LogP) is 5.10. The largest absolute Gasteiger partial charge is 0.326 e. The lowest BCUT2D eigenvalue weighted by molar-refractivity contribution is 0.800. The normalized spacial score (nSPS) is 11.5. The molecule has 28 heavy (non-hydrogen) atoms. The van der Waals surface area contributed by atoms with Crippen LogP contribution in [0.4, 0.5) is 0 Å². The lowest BCUT2D eigenvalue weighted by atomic mass is 9.99. The highest BCUT2D eigenvalue weighted by Gasteiger charge is 2.10. The highest BCUT2D eigenvalue weighted by atomic mass is 15.0. The van der Waals surface area contributed by atoms with Gasteiger partial charge in [0.2, 0.25) is 0 Å².